The molecule has 0 radical (unpaired) electrons. The first-order valence-electron chi connectivity index (χ1n) is 6.64. The minimum absolute atomic E-state index is 0.499. The van der Waals surface area contributed by atoms with Crippen molar-refractivity contribution in [2.45, 2.75) is 39.5 Å². The summed E-state index contributed by atoms with van der Waals surface area (Å²) in [5.41, 5.74) is 4.51. The summed E-state index contributed by atoms with van der Waals surface area (Å²) < 4.78 is 0. The fraction of sp³-hybridized carbons (Fsp3) is 0.375. The third kappa shape index (κ3) is 3.03. The Morgan fingerprint density at radius 3 is 2.53 bits per heavy atom. The number of hydrogen-bond donors (Lipinski definition) is 1. The van der Waals surface area contributed by atoms with Gasteiger partial charge in [-0.15, -0.1) is 0 Å². The first-order chi connectivity index (χ1) is 9.11. The second-order valence-corrected chi connectivity index (χ2v) is 5.09. The summed E-state index contributed by atoms with van der Waals surface area (Å²) in [4.78, 5) is 7.84. The highest BCUT2D eigenvalue weighted by Crippen LogP contribution is 2.24. The number of aromatic nitrogens is 2. The van der Waals surface area contributed by atoms with E-state index in [-0.39, 0.29) is 0 Å². The van der Waals surface area contributed by atoms with Gasteiger partial charge in [0.05, 0.1) is 11.8 Å². The Hall–Kier alpha value is -2.08. The minimum atomic E-state index is 0.499. The van der Waals surface area contributed by atoms with E-state index >= 15 is 0 Å². The number of nitrogens with zero attached hydrogens (tertiary/aromatic N) is 2. The molecule has 0 spiro atoms. The monoisotopic (exact) mass is 253 g/mol. The lowest BCUT2D eigenvalue weighted by Crippen LogP contribution is -1.88. The highest BCUT2D eigenvalue weighted by atomic mass is 14.9. The number of benzene rings is 1. The molecule has 0 amide bonds. The maximum absolute atomic E-state index is 8.61. The number of imidazole rings is 1. The topological polar surface area (TPSA) is 52.5 Å². The molecule has 0 saturated heterocycles. The van der Waals surface area contributed by atoms with E-state index in [1.54, 1.807) is 0 Å². The van der Waals surface area contributed by atoms with E-state index in [0.717, 1.165) is 22.8 Å². The number of hydrogen-bond acceptors (Lipinski definition) is 2. The van der Waals surface area contributed by atoms with Crippen molar-refractivity contribution in [3.63, 3.8) is 0 Å². The van der Waals surface area contributed by atoms with Gasteiger partial charge in [0.15, 0.2) is 0 Å². The van der Waals surface area contributed by atoms with Crippen LogP contribution in [0.5, 0.6) is 0 Å². The molecule has 19 heavy (non-hydrogen) atoms. The van der Waals surface area contributed by atoms with Gasteiger partial charge in [-0.2, -0.15) is 5.26 Å². The van der Waals surface area contributed by atoms with Crippen LogP contribution in [0.4, 0.5) is 0 Å². The van der Waals surface area contributed by atoms with Gasteiger partial charge in [0.1, 0.15) is 5.82 Å². The van der Waals surface area contributed by atoms with E-state index in [1.807, 2.05) is 6.92 Å². The molecule has 1 heterocycles. The smallest absolute Gasteiger partial charge is 0.108 e. The molecule has 0 atom stereocenters. The lowest BCUT2D eigenvalue weighted by Gasteiger charge is -2.06. The van der Waals surface area contributed by atoms with Crippen LogP contribution < -0.4 is 0 Å². The van der Waals surface area contributed by atoms with Gasteiger partial charge in [0.25, 0.3) is 0 Å². The highest BCUT2D eigenvalue weighted by Gasteiger charge is 2.09. The zero-order chi connectivity index (χ0) is 13.8. The predicted octanol–water partition coefficient (Wildman–Crippen LogP) is 3.96. The number of rotatable bonds is 4. The van der Waals surface area contributed by atoms with Gasteiger partial charge in [-0.3, -0.25) is 0 Å². The maximum Gasteiger partial charge on any atom is 0.108 e. The molecule has 0 aliphatic rings. The molecule has 3 nitrogen and oxygen atoms in total. The molecule has 0 aliphatic carbocycles. The summed E-state index contributed by atoms with van der Waals surface area (Å²) in [5.74, 6) is 1.43. The normalized spacial score (nSPS) is 10.7. The van der Waals surface area contributed by atoms with E-state index in [9.17, 15) is 0 Å². The number of aromatic amines is 1. The van der Waals surface area contributed by atoms with E-state index in [4.69, 9.17) is 5.26 Å². The summed E-state index contributed by atoms with van der Waals surface area (Å²) in [6, 6.07) is 10.7. The van der Waals surface area contributed by atoms with Crippen LogP contribution in [0.15, 0.2) is 24.3 Å². The van der Waals surface area contributed by atoms with Crippen LogP contribution in [0.25, 0.3) is 11.3 Å². The molecule has 0 fully saturated rings. The van der Waals surface area contributed by atoms with Crippen LogP contribution >= 0.6 is 0 Å². The molecular weight excluding hydrogens is 234 g/mol. The van der Waals surface area contributed by atoms with Crippen LogP contribution in [-0.2, 0) is 6.42 Å². The van der Waals surface area contributed by atoms with Gasteiger partial charge in [-0.1, -0.05) is 38.1 Å². The van der Waals surface area contributed by atoms with Crippen molar-refractivity contribution in [3.8, 4) is 17.3 Å². The lowest BCUT2D eigenvalue weighted by atomic mass is 10.0. The van der Waals surface area contributed by atoms with Crippen LogP contribution in [0.3, 0.4) is 0 Å². The number of nitrogens with one attached hydrogen (secondary N) is 1. The Balaban J connectivity index is 2.26. The van der Waals surface area contributed by atoms with Crippen molar-refractivity contribution >= 4 is 0 Å². The average molecular weight is 253 g/mol. The van der Waals surface area contributed by atoms with Crippen molar-refractivity contribution in [3.05, 3.63) is 41.3 Å². The largest absolute Gasteiger partial charge is 0.346 e. The van der Waals surface area contributed by atoms with E-state index in [1.165, 1.54) is 5.56 Å². The molecule has 0 bridgehead atoms. The van der Waals surface area contributed by atoms with Crippen LogP contribution in [0.2, 0.25) is 0 Å². The Labute approximate surface area is 114 Å². The minimum Gasteiger partial charge on any atom is -0.346 e. The maximum atomic E-state index is 8.61. The molecule has 0 saturated carbocycles. The van der Waals surface area contributed by atoms with Crippen molar-refractivity contribution in [1.29, 1.82) is 5.26 Å². The zero-order valence-electron chi connectivity index (χ0n) is 11.7. The molecule has 1 N–H and O–H groups in total. The van der Waals surface area contributed by atoms with Crippen LogP contribution in [0.1, 0.15) is 43.3 Å². The number of nitriles is 1. The van der Waals surface area contributed by atoms with Gasteiger partial charge in [-0.25, -0.2) is 4.98 Å². The molecular formula is C16H19N3. The lowest BCUT2D eigenvalue weighted by molar-refractivity contribution is 0.867. The Bertz CT molecular complexity index is 585. The van der Waals surface area contributed by atoms with Gasteiger partial charge < -0.3 is 4.98 Å². The van der Waals surface area contributed by atoms with E-state index in [0.29, 0.717) is 18.8 Å². The molecule has 0 unspecified atom stereocenters. The summed E-state index contributed by atoms with van der Waals surface area (Å²) in [6.07, 6.45) is 1.18. The highest BCUT2D eigenvalue weighted by molar-refractivity contribution is 5.62. The fourth-order valence-electron chi connectivity index (χ4n) is 2.12. The van der Waals surface area contributed by atoms with Gasteiger partial charge in [-0.05, 0) is 18.4 Å². The summed E-state index contributed by atoms with van der Waals surface area (Å²) in [6.45, 7) is 6.40. The summed E-state index contributed by atoms with van der Waals surface area (Å²) in [5, 5.41) is 8.61. The Kier molecular flexibility index (Phi) is 4.01. The summed E-state index contributed by atoms with van der Waals surface area (Å²) in [7, 11) is 0. The fourth-order valence-corrected chi connectivity index (χ4v) is 2.12. The van der Waals surface area contributed by atoms with Gasteiger partial charge in [0.2, 0.25) is 0 Å². The Morgan fingerprint density at radius 2 is 1.95 bits per heavy atom. The van der Waals surface area contributed by atoms with Crippen LogP contribution in [-0.4, -0.2) is 9.97 Å². The molecule has 2 rings (SSSR count). The first-order valence-corrected chi connectivity index (χ1v) is 6.64. The average Bonchev–Trinajstić information content (AvgIpc) is 2.77. The molecule has 1 aromatic heterocycles. The molecule has 3 heteroatoms. The van der Waals surface area contributed by atoms with Crippen molar-refractivity contribution in [2.24, 2.45) is 0 Å². The zero-order valence-corrected chi connectivity index (χ0v) is 11.7. The van der Waals surface area contributed by atoms with Crippen molar-refractivity contribution in [1.82, 2.24) is 9.97 Å². The molecule has 0 aliphatic heterocycles. The predicted molar refractivity (Wildman–Crippen MR) is 76.8 cm³/mol. The number of aryl methyl sites for hydroxylation is 2. The quantitative estimate of drug-likeness (QED) is 0.896. The molecule has 98 valence electrons. The SMILES string of the molecule is Cc1[nH]c(CCC#N)nc1-c1ccc(C(C)C)cc1. The van der Waals surface area contributed by atoms with Gasteiger partial charge >= 0.3 is 0 Å². The second kappa shape index (κ2) is 5.71. The second-order valence-electron chi connectivity index (χ2n) is 5.09. The third-order valence-electron chi connectivity index (χ3n) is 3.26. The van der Waals surface area contributed by atoms with E-state index < -0.39 is 0 Å². The van der Waals surface area contributed by atoms with Crippen molar-refractivity contribution < 1.29 is 0 Å². The van der Waals surface area contributed by atoms with Gasteiger partial charge in [0, 0.05) is 24.1 Å². The van der Waals surface area contributed by atoms with Crippen LogP contribution in [0, 0.1) is 18.3 Å². The first kappa shape index (κ1) is 13.4. The number of H-pyrrole nitrogens is 1. The molecule has 2 aromatic rings. The van der Waals surface area contributed by atoms with E-state index in [2.05, 4.69) is 54.2 Å². The summed E-state index contributed by atoms with van der Waals surface area (Å²) >= 11 is 0. The third-order valence-corrected chi connectivity index (χ3v) is 3.26. The molecule has 1 aromatic carbocycles. The standard InChI is InChI=1S/C16H19N3/c1-11(2)13-6-8-14(9-7-13)16-12(3)18-15(19-16)5-4-10-17/h6-9,11H,4-5H2,1-3H3,(H,18,19). The Morgan fingerprint density at radius 1 is 1.26 bits per heavy atom. The van der Waals surface area contributed by atoms with Crippen molar-refractivity contribution in [2.75, 3.05) is 0 Å².